The van der Waals surface area contributed by atoms with Crippen molar-refractivity contribution >= 4 is 6.09 Å². The number of ether oxygens (including phenoxy) is 1. The average Bonchev–Trinajstić information content (AvgIpc) is 2.20. The van der Waals surface area contributed by atoms with Crippen molar-refractivity contribution in [2.45, 2.75) is 39.2 Å². The molecule has 5 nitrogen and oxygen atoms in total. The monoisotopic (exact) mass is 246 g/mol. The van der Waals surface area contributed by atoms with Crippen LogP contribution in [0.15, 0.2) is 0 Å². The molecule has 0 fully saturated rings. The topological polar surface area (TPSA) is 61.8 Å². The highest BCUT2D eigenvalue weighted by atomic mass is 16.6. The molecule has 0 aliphatic rings. The maximum Gasteiger partial charge on any atom is 0.410 e. The molecule has 2 N–H and O–H groups in total. The van der Waals surface area contributed by atoms with Crippen LogP contribution < -0.4 is 5.32 Å². The number of hydrogen-bond acceptors (Lipinski definition) is 4. The van der Waals surface area contributed by atoms with Crippen LogP contribution >= 0.6 is 0 Å². The van der Waals surface area contributed by atoms with Crippen LogP contribution in [0.2, 0.25) is 0 Å². The summed E-state index contributed by atoms with van der Waals surface area (Å²) in [6.45, 7) is 8.10. The van der Waals surface area contributed by atoms with E-state index < -0.39 is 5.60 Å². The summed E-state index contributed by atoms with van der Waals surface area (Å²) < 4.78 is 5.23. The number of aliphatic hydroxyl groups excluding tert-OH is 1. The highest BCUT2D eigenvalue weighted by Gasteiger charge is 2.18. The molecule has 0 aromatic heterocycles. The smallest absolute Gasteiger partial charge is 0.410 e. The summed E-state index contributed by atoms with van der Waals surface area (Å²) in [5, 5.41) is 11.8. The van der Waals surface area contributed by atoms with E-state index in [4.69, 9.17) is 9.84 Å². The molecule has 0 aromatic rings. The molecule has 0 spiro atoms. The molecule has 0 aliphatic heterocycles. The van der Waals surface area contributed by atoms with Gasteiger partial charge in [-0.3, -0.25) is 0 Å². The van der Waals surface area contributed by atoms with Crippen molar-refractivity contribution in [3.63, 3.8) is 0 Å². The van der Waals surface area contributed by atoms with E-state index in [1.54, 1.807) is 11.9 Å². The van der Waals surface area contributed by atoms with Crippen molar-refractivity contribution in [3.05, 3.63) is 0 Å². The highest BCUT2D eigenvalue weighted by Crippen LogP contribution is 2.08. The second kappa shape index (κ2) is 8.31. The van der Waals surface area contributed by atoms with Crippen molar-refractivity contribution in [1.82, 2.24) is 10.2 Å². The van der Waals surface area contributed by atoms with Crippen molar-refractivity contribution < 1.29 is 14.6 Å². The van der Waals surface area contributed by atoms with Crippen molar-refractivity contribution in [2.24, 2.45) is 0 Å². The lowest BCUT2D eigenvalue weighted by Crippen LogP contribution is -2.35. The molecule has 0 rings (SSSR count). The number of hydrogen-bond donors (Lipinski definition) is 2. The molecule has 5 heteroatoms. The summed E-state index contributed by atoms with van der Waals surface area (Å²) in [5.74, 6) is 0. The number of carbonyl (C=O) groups excluding carboxylic acids is 1. The van der Waals surface area contributed by atoms with Crippen molar-refractivity contribution in [1.29, 1.82) is 0 Å². The van der Waals surface area contributed by atoms with Gasteiger partial charge in [0.2, 0.25) is 0 Å². The van der Waals surface area contributed by atoms with E-state index in [9.17, 15) is 4.79 Å². The Kier molecular flexibility index (Phi) is 7.91. The van der Waals surface area contributed by atoms with Crippen LogP contribution in [0.5, 0.6) is 0 Å². The van der Waals surface area contributed by atoms with E-state index in [1.807, 2.05) is 20.8 Å². The maximum absolute atomic E-state index is 11.6. The van der Waals surface area contributed by atoms with Crippen LogP contribution in [0.4, 0.5) is 4.79 Å². The number of aliphatic hydroxyl groups is 1. The van der Waals surface area contributed by atoms with Crippen molar-refractivity contribution in [2.75, 3.05) is 33.3 Å². The standard InChI is InChI=1S/C12H26N2O3/c1-12(2,3)17-11(16)14(4)9-5-7-13-8-6-10-15/h13,15H,5-10H2,1-4H3. The Balaban J connectivity index is 3.58. The first-order valence-electron chi connectivity index (χ1n) is 6.12. The molecular weight excluding hydrogens is 220 g/mol. The van der Waals surface area contributed by atoms with Gasteiger partial charge >= 0.3 is 6.09 Å². The fraction of sp³-hybridized carbons (Fsp3) is 0.917. The summed E-state index contributed by atoms with van der Waals surface area (Å²) in [4.78, 5) is 13.2. The summed E-state index contributed by atoms with van der Waals surface area (Å²) in [6, 6.07) is 0. The molecule has 0 aliphatic carbocycles. The molecule has 0 aromatic carbocycles. The van der Waals surface area contributed by atoms with Crippen molar-refractivity contribution in [3.8, 4) is 0 Å². The fourth-order valence-electron chi connectivity index (χ4n) is 1.20. The molecule has 102 valence electrons. The molecule has 0 bridgehead atoms. The Morgan fingerprint density at radius 1 is 1.29 bits per heavy atom. The predicted molar refractivity (Wildman–Crippen MR) is 68.1 cm³/mol. The van der Waals surface area contributed by atoms with Gasteiger partial charge in [0.25, 0.3) is 0 Å². The fourth-order valence-corrected chi connectivity index (χ4v) is 1.20. The number of nitrogens with one attached hydrogen (secondary N) is 1. The normalized spacial score (nSPS) is 11.4. The minimum atomic E-state index is -0.440. The minimum absolute atomic E-state index is 0.213. The molecular formula is C12H26N2O3. The average molecular weight is 246 g/mol. The van der Waals surface area contributed by atoms with Crippen LogP contribution in [0.25, 0.3) is 0 Å². The van der Waals surface area contributed by atoms with Crippen LogP contribution in [-0.4, -0.2) is 55.0 Å². The zero-order chi connectivity index (χ0) is 13.3. The number of nitrogens with zero attached hydrogens (tertiary/aromatic N) is 1. The van der Waals surface area contributed by atoms with E-state index >= 15 is 0 Å². The first kappa shape index (κ1) is 16.2. The highest BCUT2D eigenvalue weighted by molar-refractivity contribution is 5.67. The van der Waals surface area contributed by atoms with Gasteiger partial charge in [-0.05, 0) is 46.7 Å². The first-order chi connectivity index (χ1) is 7.87. The molecule has 17 heavy (non-hydrogen) atoms. The Morgan fingerprint density at radius 2 is 1.88 bits per heavy atom. The van der Waals surface area contributed by atoms with Gasteiger partial charge in [-0.15, -0.1) is 0 Å². The lowest BCUT2D eigenvalue weighted by Gasteiger charge is -2.24. The van der Waals surface area contributed by atoms with Crippen LogP contribution in [-0.2, 0) is 4.74 Å². The zero-order valence-electron chi connectivity index (χ0n) is 11.5. The molecule has 0 radical (unpaired) electrons. The predicted octanol–water partition coefficient (Wildman–Crippen LogP) is 1.22. The maximum atomic E-state index is 11.6. The van der Waals surface area contributed by atoms with E-state index in [0.717, 1.165) is 25.9 Å². The number of amides is 1. The first-order valence-corrected chi connectivity index (χ1v) is 6.12. The van der Waals surface area contributed by atoms with Gasteiger partial charge in [-0.25, -0.2) is 4.79 Å². The second-order valence-corrected chi connectivity index (χ2v) is 5.08. The lowest BCUT2D eigenvalue weighted by molar-refractivity contribution is 0.0297. The van der Waals surface area contributed by atoms with E-state index in [-0.39, 0.29) is 12.7 Å². The van der Waals surface area contributed by atoms with Gasteiger partial charge < -0.3 is 20.1 Å². The van der Waals surface area contributed by atoms with Crippen LogP contribution in [0, 0.1) is 0 Å². The summed E-state index contributed by atoms with van der Waals surface area (Å²) in [7, 11) is 1.74. The van der Waals surface area contributed by atoms with E-state index in [2.05, 4.69) is 5.32 Å². The third-order valence-electron chi connectivity index (χ3n) is 2.06. The van der Waals surface area contributed by atoms with Gasteiger partial charge in [0.1, 0.15) is 5.60 Å². The molecule has 0 unspecified atom stereocenters. The SMILES string of the molecule is CN(CCCNCCCO)C(=O)OC(C)(C)C. The van der Waals surface area contributed by atoms with Gasteiger partial charge in [-0.1, -0.05) is 0 Å². The third-order valence-corrected chi connectivity index (χ3v) is 2.06. The summed E-state index contributed by atoms with van der Waals surface area (Å²) >= 11 is 0. The largest absolute Gasteiger partial charge is 0.444 e. The van der Waals surface area contributed by atoms with Gasteiger partial charge in [0.15, 0.2) is 0 Å². The molecule has 0 atom stereocenters. The van der Waals surface area contributed by atoms with Gasteiger partial charge in [0.05, 0.1) is 0 Å². The molecule has 1 amide bonds. The van der Waals surface area contributed by atoms with E-state index in [0.29, 0.717) is 6.54 Å². The molecule has 0 saturated heterocycles. The Labute approximate surface area is 104 Å². The minimum Gasteiger partial charge on any atom is -0.444 e. The Morgan fingerprint density at radius 3 is 2.41 bits per heavy atom. The zero-order valence-corrected chi connectivity index (χ0v) is 11.5. The Hall–Kier alpha value is -0.810. The van der Waals surface area contributed by atoms with Gasteiger partial charge in [0, 0.05) is 20.2 Å². The molecule has 0 saturated carbocycles. The summed E-state index contributed by atoms with van der Waals surface area (Å²) in [6.07, 6.45) is 1.36. The van der Waals surface area contributed by atoms with Gasteiger partial charge in [-0.2, -0.15) is 0 Å². The third kappa shape index (κ3) is 10.1. The lowest BCUT2D eigenvalue weighted by atomic mass is 10.2. The summed E-state index contributed by atoms with van der Waals surface area (Å²) in [5.41, 5.74) is -0.440. The Bertz CT molecular complexity index is 214. The van der Waals surface area contributed by atoms with Crippen LogP contribution in [0.3, 0.4) is 0 Å². The van der Waals surface area contributed by atoms with E-state index in [1.165, 1.54) is 0 Å². The number of rotatable bonds is 7. The molecule has 0 heterocycles. The number of carbonyl (C=O) groups is 1. The second-order valence-electron chi connectivity index (χ2n) is 5.08. The van der Waals surface area contributed by atoms with Crippen LogP contribution in [0.1, 0.15) is 33.6 Å². The quantitative estimate of drug-likeness (QED) is 0.663.